The van der Waals surface area contributed by atoms with Crippen molar-refractivity contribution in [2.45, 2.75) is 11.4 Å². The third-order valence-electron chi connectivity index (χ3n) is 3.23. The van der Waals surface area contributed by atoms with Gasteiger partial charge in [0, 0.05) is 12.4 Å². The van der Waals surface area contributed by atoms with Crippen molar-refractivity contribution >= 4 is 20.9 Å². The molecular weight excluding hydrogens is 290 g/mol. The second-order valence-electron chi connectivity index (χ2n) is 4.71. The van der Waals surface area contributed by atoms with Crippen LogP contribution in [0.1, 0.15) is 5.56 Å². The van der Waals surface area contributed by atoms with E-state index < -0.39 is 10.0 Å². The minimum Gasteiger partial charge on any atom is -0.494 e. The molecule has 7 heteroatoms. The highest BCUT2D eigenvalue weighted by Crippen LogP contribution is 2.26. The Labute approximate surface area is 121 Å². The molecule has 0 saturated carbocycles. The fraction of sp³-hybridized carbons (Fsp3) is 0.0714. The molecule has 0 amide bonds. The molecule has 0 radical (unpaired) electrons. The van der Waals surface area contributed by atoms with Crippen LogP contribution in [-0.4, -0.2) is 23.1 Å². The number of benzene rings is 1. The van der Waals surface area contributed by atoms with Crippen LogP contribution in [-0.2, 0) is 16.6 Å². The number of hydrogen-bond acceptors (Lipinski definition) is 4. The van der Waals surface area contributed by atoms with Crippen molar-refractivity contribution in [2.24, 2.45) is 5.14 Å². The Hall–Kier alpha value is -2.38. The molecule has 2 aromatic heterocycles. The van der Waals surface area contributed by atoms with Crippen molar-refractivity contribution in [1.82, 2.24) is 9.55 Å². The van der Waals surface area contributed by atoms with E-state index in [1.165, 1.54) is 12.1 Å². The Bertz CT molecular complexity index is 899. The minimum atomic E-state index is -3.69. The molecule has 0 spiro atoms. The summed E-state index contributed by atoms with van der Waals surface area (Å²) >= 11 is 0. The van der Waals surface area contributed by atoms with Crippen molar-refractivity contribution in [1.29, 1.82) is 0 Å². The summed E-state index contributed by atoms with van der Waals surface area (Å²) in [4.78, 5) is 4.24. The maximum atomic E-state index is 11.2. The van der Waals surface area contributed by atoms with E-state index in [4.69, 9.17) is 5.14 Å². The summed E-state index contributed by atoms with van der Waals surface area (Å²) in [7, 11) is -3.69. The summed E-state index contributed by atoms with van der Waals surface area (Å²) in [6, 6.07) is 9.77. The molecule has 3 aromatic rings. The number of aromatic nitrogens is 2. The zero-order valence-corrected chi connectivity index (χ0v) is 11.8. The van der Waals surface area contributed by atoms with Gasteiger partial charge in [-0.2, -0.15) is 0 Å². The number of sulfonamides is 1. The van der Waals surface area contributed by atoms with Crippen molar-refractivity contribution in [3.63, 3.8) is 0 Å². The van der Waals surface area contributed by atoms with E-state index in [1.54, 1.807) is 41.2 Å². The third-order valence-corrected chi connectivity index (χ3v) is 4.16. The van der Waals surface area contributed by atoms with Gasteiger partial charge in [-0.15, -0.1) is 0 Å². The molecule has 6 nitrogen and oxygen atoms in total. The lowest BCUT2D eigenvalue weighted by molar-refractivity contribution is 0.430. The zero-order chi connectivity index (χ0) is 15.0. The van der Waals surface area contributed by atoms with Crippen LogP contribution in [0.15, 0.2) is 53.7 Å². The van der Waals surface area contributed by atoms with Crippen LogP contribution in [0, 0.1) is 0 Å². The van der Waals surface area contributed by atoms with Gasteiger partial charge in [-0.3, -0.25) is 4.98 Å². The number of pyridine rings is 1. The normalized spacial score (nSPS) is 11.9. The van der Waals surface area contributed by atoms with E-state index in [9.17, 15) is 13.5 Å². The van der Waals surface area contributed by atoms with Gasteiger partial charge in [-0.25, -0.2) is 13.6 Å². The molecule has 0 fully saturated rings. The monoisotopic (exact) mass is 303 g/mol. The van der Waals surface area contributed by atoms with Crippen LogP contribution in [0.4, 0.5) is 0 Å². The second-order valence-corrected chi connectivity index (χ2v) is 6.27. The lowest BCUT2D eigenvalue weighted by Gasteiger charge is -2.06. The number of nitrogens with two attached hydrogens (primary N) is 1. The molecule has 0 aliphatic rings. The van der Waals surface area contributed by atoms with E-state index >= 15 is 0 Å². The number of fused-ring (bicyclic) bond motifs is 1. The topological polar surface area (TPSA) is 98.2 Å². The van der Waals surface area contributed by atoms with E-state index in [0.717, 1.165) is 5.56 Å². The predicted molar refractivity (Wildman–Crippen MR) is 78.3 cm³/mol. The Kier molecular flexibility index (Phi) is 3.15. The SMILES string of the molecule is NS(=O)(=O)c1ccc(Cn2cc3ncccc3c2O)cc1. The van der Waals surface area contributed by atoms with Crippen molar-refractivity contribution < 1.29 is 13.5 Å². The summed E-state index contributed by atoms with van der Waals surface area (Å²) < 4.78 is 24.1. The smallest absolute Gasteiger partial charge is 0.238 e. The standard InChI is InChI=1S/C14H13N3O3S/c15-21(19,20)11-5-3-10(4-6-11)8-17-9-13-12(14(17)18)2-1-7-16-13/h1-7,9,18H,8H2,(H2,15,19,20). The van der Waals surface area contributed by atoms with E-state index in [2.05, 4.69) is 4.98 Å². The zero-order valence-electron chi connectivity index (χ0n) is 11.0. The molecule has 1 aromatic carbocycles. The Morgan fingerprint density at radius 1 is 1.19 bits per heavy atom. The van der Waals surface area contributed by atoms with Gasteiger partial charge in [0.1, 0.15) is 0 Å². The van der Waals surface area contributed by atoms with Crippen molar-refractivity contribution in [3.8, 4) is 5.88 Å². The number of rotatable bonds is 3. The molecule has 0 aliphatic carbocycles. The molecular formula is C14H13N3O3S. The van der Waals surface area contributed by atoms with Crippen LogP contribution in [0.25, 0.3) is 10.9 Å². The van der Waals surface area contributed by atoms with Gasteiger partial charge < -0.3 is 9.67 Å². The Balaban J connectivity index is 1.93. The number of aromatic hydroxyl groups is 1. The van der Waals surface area contributed by atoms with Gasteiger partial charge in [-0.1, -0.05) is 12.1 Å². The van der Waals surface area contributed by atoms with Crippen LogP contribution in [0.3, 0.4) is 0 Å². The predicted octanol–water partition coefficient (Wildman–Crippen LogP) is 1.44. The lowest BCUT2D eigenvalue weighted by atomic mass is 10.2. The van der Waals surface area contributed by atoms with Gasteiger partial charge in [-0.05, 0) is 29.8 Å². The van der Waals surface area contributed by atoms with Crippen molar-refractivity contribution in [2.75, 3.05) is 0 Å². The highest BCUT2D eigenvalue weighted by Gasteiger charge is 2.10. The largest absolute Gasteiger partial charge is 0.494 e. The summed E-state index contributed by atoms with van der Waals surface area (Å²) in [6.45, 7) is 0.410. The van der Waals surface area contributed by atoms with E-state index in [0.29, 0.717) is 17.4 Å². The summed E-state index contributed by atoms with van der Waals surface area (Å²) in [5.74, 6) is 0.133. The molecule has 3 N–H and O–H groups in total. The Morgan fingerprint density at radius 2 is 1.90 bits per heavy atom. The third kappa shape index (κ3) is 2.61. The van der Waals surface area contributed by atoms with Crippen LogP contribution in [0.2, 0.25) is 0 Å². The molecule has 108 valence electrons. The van der Waals surface area contributed by atoms with Crippen molar-refractivity contribution in [3.05, 3.63) is 54.4 Å². The summed E-state index contributed by atoms with van der Waals surface area (Å²) in [5.41, 5.74) is 1.55. The van der Waals surface area contributed by atoms with Gasteiger partial charge in [0.25, 0.3) is 0 Å². The molecule has 2 heterocycles. The van der Waals surface area contributed by atoms with E-state index in [-0.39, 0.29) is 10.8 Å². The van der Waals surface area contributed by atoms with Crippen LogP contribution >= 0.6 is 0 Å². The first kappa shape index (κ1) is 13.6. The van der Waals surface area contributed by atoms with Crippen LogP contribution in [0.5, 0.6) is 5.88 Å². The molecule has 21 heavy (non-hydrogen) atoms. The second kappa shape index (κ2) is 4.87. The van der Waals surface area contributed by atoms with Crippen LogP contribution < -0.4 is 5.14 Å². The number of nitrogens with zero attached hydrogens (tertiary/aromatic N) is 2. The average molecular weight is 303 g/mol. The average Bonchev–Trinajstić information content (AvgIpc) is 2.76. The molecule has 0 saturated heterocycles. The fourth-order valence-electron chi connectivity index (χ4n) is 2.17. The maximum Gasteiger partial charge on any atom is 0.238 e. The van der Waals surface area contributed by atoms with Gasteiger partial charge >= 0.3 is 0 Å². The first-order valence-electron chi connectivity index (χ1n) is 6.20. The molecule has 3 rings (SSSR count). The Morgan fingerprint density at radius 3 is 2.52 bits per heavy atom. The lowest BCUT2D eigenvalue weighted by Crippen LogP contribution is -2.12. The highest BCUT2D eigenvalue weighted by molar-refractivity contribution is 7.89. The minimum absolute atomic E-state index is 0.0646. The molecule has 0 aliphatic heterocycles. The number of hydrogen-bond donors (Lipinski definition) is 2. The maximum absolute atomic E-state index is 11.2. The highest BCUT2D eigenvalue weighted by atomic mass is 32.2. The van der Waals surface area contributed by atoms with E-state index in [1.807, 2.05) is 0 Å². The van der Waals surface area contributed by atoms with Gasteiger partial charge in [0.05, 0.1) is 22.3 Å². The summed E-state index contributed by atoms with van der Waals surface area (Å²) in [5, 5.41) is 15.9. The fourth-order valence-corrected chi connectivity index (χ4v) is 2.69. The molecule has 0 unspecified atom stereocenters. The molecule has 0 bridgehead atoms. The van der Waals surface area contributed by atoms with Gasteiger partial charge in [0.2, 0.25) is 15.9 Å². The quantitative estimate of drug-likeness (QED) is 0.765. The first-order valence-corrected chi connectivity index (χ1v) is 7.74. The first-order chi connectivity index (χ1) is 9.95. The molecule has 0 atom stereocenters. The number of primary sulfonamides is 1. The van der Waals surface area contributed by atoms with Gasteiger partial charge in [0.15, 0.2) is 0 Å². The summed E-state index contributed by atoms with van der Waals surface area (Å²) in [6.07, 6.45) is 3.41.